The highest BCUT2D eigenvalue weighted by atomic mass is 17.2. The zero-order valence-corrected chi connectivity index (χ0v) is 12.9. The molecule has 0 heterocycles. The standard InChI is InChI=1S/C20H16O4/c21-20(23-18-10-3-1-4-11-18)17-9-7-8-16(14-17)15-22-24-19-12-5-2-6-13-19/h1-14H,15H2. The molecule has 3 rings (SSSR count). The highest BCUT2D eigenvalue weighted by Crippen LogP contribution is 2.14. The third-order valence-electron chi connectivity index (χ3n) is 3.24. The molecule has 0 aliphatic carbocycles. The first-order chi connectivity index (χ1) is 11.8. The van der Waals surface area contributed by atoms with Crippen molar-refractivity contribution in [3.05, 3.63) is 96.1 Å². The highest BCUT2D eigenvalue weighted by Gasteiger charge is 2.09. The summed E-state index contributed by atoms with van der Waals surface area (Å²) in [7, 11) is 0. The van der Waals surface area contributed by atoms with Crippen molar-refractivity contribution in [1.29, 1.82) is 0 Å². The molecular weight excluding hydrogens is 304 g/mol. The van der Waals surface area contributed by atoms with E-state index in [0.717, 1.165) is 5.56 Å². The normalized spacial score (nSPS) is 10.2. The van der Waals surface area contributed by atoms with Crippen LogP contribution in [0.15, 0.2) is 84.9 Å². The van der Waals surface area contributed by atoms with Gasteiger partial charge in [-0.15, -0.1) is 0 Å². The van der Waals surface area contributed by atoms with Gasteiger partial charge in [-0.25, -0.2) is 4.79 Å². The molecule has 0 bridgehead atoms. The lowest BCUT2D eigenvalue weighted by Crippen LogP contribution is -2.09. The van der Waals surface area contributed by atoms with Crippen LogP contribution in [-0.2, 0) is 11.5 Å². The van der Waals surface area contributed by atoms with Gasteiger partial charge in [-0.3, -0.25) is 0 Å². The molecule has 0 saturated carbocycles. The molecule has 120 valence electrons. The molecule has 0 aliphatic rings. The van der Waals surface area contributed by atoms with Crippen molar-refractivity contribution < 1.29 is 19.3 Å². The minimum Gasteiger partial charge on any atom is -0.423 e. The Labute approximate surface area is 140 Å². The molecule has 0 spiro atoms. The molecule has 0 N–H and O–H groups in total. The lowest BCUT2D eigenvalue weighted by Gasteiger charge is -2.07. The maximum atomic E-state index is 12.2. The Morgan fingerprint density at radius 2 is 1.42 bits per heavy atom. The Bertz CT molecular complexity index is 785. The minimum atomic E-state index is -0.410. The molecule has 4 heteroatoms. The number of ether oxygens (including phenoxy) is 1. The second-order valence-electron chi connectivity index (χ2n) is 5.06. The molecule has 0 aliphatic heterocycles. The third kappa shape index (κ3) is 4.44. The largest absolute Gasteiger partial charge is 0.423 e. The van der Waals surface area contributed by atoms with E-state index < -0.39 is 5.97 Å². The molecule has 0 atom stereocenters. The maximum Gasteiger partial charge on any atom is 0.343 e. The quantitative estimate of drug-likeness (QED) is 0.292. The molecular formula is C20H16O4. The summed E-state index contributed by atoms with van der Waals surface area (Å²) in [5, 5.41) is 0. The van der Waals surface area contributed by atoms with Gasteiger partial charge in [0.1, 0.15) is 12.4 Å². The fourth-order valence-corrected chi connectivity index (χ4v) is 2.08. The van der Waals surface area contributed by atoms with E-state index in [-0.39, 0.29) is 6.61 Å². The zero-order valence-electron chi connectivity index (χ0n) is 12.9. The molecule has 0 saturated heterocycles. The van der Waals surface area contributed by atoms with Gasteiger partial charge in [-0.1, -0.05) is 48.5 Å². The van der Waals surface area contributed by atoms with E-state index in [4.69, 9.17) is 14.5 Å². The van der Waals surface area contributed by atoms with Crippen LogP contribution in [0.5, 0.6) is 11.5 Å². The second-order valence-corrected chi connectivity index (χ2v) is 5.06. The Kier molecular flexibility index (Phi) is 5.22. The Hall–Kier alpha value is -3.11. The van der Waals surface area contributed by atoms with Crippen LogP contribution in [0.1, 0.15) is 15.9 Å². The average molecular weight is 320 g/mol. The van der Waals surface area contributed by atoms with Gasteiger partial charge < -0.3 is 9.62 Å². The van der Waals surface area contributed by atoms with Gasteiger partial charge in [0.25, 0.3) is 0 Å². The van der Waals surface area contributed by atoms with Crippen LogP contribution in [0.4, 0.5) is 0 Å². The Balaban J connectivity index is 1.58. The van der Waals surface area contributed by atoms with Crippen LogP contribution in [0.2, 0.25) is 0 Å². The van der Waals surface area contributed by atoms with Gasteiger partial charge in [-0.2, -0.15) is 4.89 Å². The van der Waals surface area contributed by atoms with Crippen LogP contribution < -0.4 is 9.62 Å². The number of rotatable bonds is 6. The van der Waals surface area contributed by atoms with Crippen molar-refractivity contribution in [2.75, 3.05) is 0 Å². The number of carbonyl (C=O) groups excluding carboxylic acids is 1. The van der Waals surface area contributed by atoms with Crippen molar-refractivity contribution in [2.45, 2.75) is 6.61 Å². The summed E-state index contributed by atoms with van der Waals surface area (Å²) >= 11 is 0. The predicted molar refractivity (Wildman–Crippen MR) is 89.7 cm³/mol. The third-order valence-corrected chi connectivity index (χ3v) is 3.24. The van der Waals surface area contributed by atoms with Gasteiger partial charge in [0, 0.05) is 0 Å². The highest BCUT2D eigenvalue weighted by molar-refractivity contribution is 5.91. The molecule has 0 radical (unpaired) electrons. The smallest absolute Gasteiger partial charge is 0.343 e. The summed E-state index contributed by atoms with van der Waals surface area (Å²) in [5.74, 6) is 0.723. The summed E-state index contributed by atoms with van der Waals surface area (Å²) in [6.07, 6.45) is 0. The van der Waals surface area contributed by atoms with Gasteiger partial charge in [0.2, 0.25) is 0 Å². The summed E-state index contributed by atoms with van der Waals surface area (Å²) in [5.41, 5.74) is 1.27. The summed E-state index contributed by atoms with van der Waals surface area (Å²) in [4.78, 5) is 22.6. The molecule has 3 aromatic rings. The maximum absolute atomic E-state index is 12.2. The molecule has 0 aromatic heterocycles. The van der Waals surface area contributed by atoms with E-state index >= 15 is 0 Å². The van der Waals surface area contributed by atoms with Crippen LogP contribution in [0.3, 0.4) is 0 Å². The van der Waals surface area contributed by atoms with E-state index in [2.05, 4.69) is 0 Å². The van der Waals surface area contributed by atoms with Gasteiger partial charge in [0.05, 0.1) is 5.56 Å². The van der Waals surface area contributed by atoms with Crippen molar-refractivity contribution in [1.82, 2.24) is 0 Å². The topological polar surface area (TPSA) is 44.8 Å². The lowest BCUT2D eigenvalue weighted by atomic mass is 10.1. The monoisotopic (exact) mass is 320 g/mol. The number of esters is 1. The van der Waals surface area contributed by atoms with Gasteiger partial charge >= 0.3 is 5.97 Å². The Morgan fingerprint density at radius 1 is 0.750 bits per heavy atom. The van der Waals surface area contributed by atoms with Crippen LogP contribution in [0, 0.1) is 0 Å². The van der Waals surface area contributed by atoms with Crippen molar-refractivity contribution in [3.63, 3.8) is 0 Å². The molecule has 0 fully saturated rings. The molecule has 0 unspecified atom stereocenters. The summed E-state index contributed by atoms with van der Waals surface area (Å²) in [6, 6.07) is 25.2. The van der Waals surface area contributed by atoms with E-state index in [1.165, 1.54) is 0 Å². The van der Waals surface area contributed by atoms with Crippen molar-refractivity contribution in [2.24, 2.45) is 0 Å². The second kappa shape index (κ2) is 7.94. The number of hydrogen-bond acceptors (Lipinski definition) is 4. The first-order valence-corrected chi connectivity index (χ1v) is 7.52. The average Bonchev–Trinajstić information content (AvgIpc) is 2.64. The minimum absolute atomic E-state index is 0.224. The van der Waals surface area contributed by atoms with E-state index in [0.29, 0.717) is 17.1 Å². The SMILES string of the molecule is O=C(Oc1ccccc1)c1cccc(COOc2ccccc2)c1. The number of para-hydroxylation sites is 2. The first kappa shape index (κ1) is 15.8. The molecule has 3 aromatic carbocycles. The number of hydrogen-bond donors (Lipinski definition) is 0. The van der Waals surface area contributed by atoms with Crippen molar-refractivity contribution in [3.8, 4) is 11.5 Å². The molecule has 24 heavy (non-hydrogen) atoms. The Morgan fingerprint density at radius 3 is 2.12 bits per heavy atom. The summed E-state index contributed by atoms with van der Waals surface area (Å²) < 4.78 is 5.32. The lowest BCUT2D eigenvalue weighted by molar-refractivity contribution is -0.217. The van der Waals surface area contributed by atoms with E-state index in [1.54, 1.807) is 42.5 Å². The van der Waals surface area contributed by atoms with Crippen LogP contribution in [-0.4, -0.2) is 5.97 Å². The van der Waals surface area contributed by atoms with Crippen LogP contribution in [0.25, 0.3) is 0 Å². The van der Waals surface area contributed by atoms with Gasteiger partial charge in [0.15, 0.2) is 5.75 Å². The fraction of sp³-hybridized carbons (Fsp3) is 0.0500. The van der Waals surface area contributed by atoms with Crippen LogP contribution >= 0.6 is 0 Å². The van der Waals surface area contributed by atoms with Crippen molar-refractivity contribution >= 4 is 5.97 Å². The predicted octanol–water partition coefficient (Wildman–Crippen LogP) is 4.42. The van der Waals surface area contributed by atoms with E-state index in [1.807, 2.05) is 42.5 Å². The molecule has 4 nitrogen and oxygen atoms in total. The number of carbonyl (C=O) groups is 1. The molecule has 0 amide bonds. The first-order valence-electron chi connectivity index (χ1n) is 7.52. The van der Waals surface area contributed by atoms with Gasteiger partial charge in [-0.05, 0) is 42.0 Å². The fourth-order valence-electron chi connectivity index (χ4n) is 2.08. The zero-order chi connectivity index (χ0) is 16.6. The summed E-state index contributed by atoms with van der Waals surface area (Å²) in [6.45, 7) is 0.224. The van der Waals surface area contributed by atoms with E-state index in [9.17, 15) is 4.79 Å². The number of benzene rings is 3.